The highest BCUT2D eigenvalue weighted by atomic mass is 14.1. The number of hydrogen-bond donors (Lipinski definition) is 0. The maximum atomic E-state index is 3.86. The first-order valence-electron chi connectivity index (χ1n) is 12.9. The zero-order valence-corrected chi connectivity index (χ0v) is 23.4. The highest BCUT2D eigenvalue weighted by molar-refractivity contribution is 5.90. The molecule has 0 amide bonds. The molecule has 0 radical (unpaired) electrons. The average molecular weight is 475 g/mol. The van der Waals surface area contributed by atoms with Crippen molar-refractivity contribution < 1.29 is 0 Å². The Balaban J connectivity index is 0.000000318. The summed E-state index contributed by atoms with van der Waals surface area (Å²) in [6.45, 7) is 20.8. The van der Waals surface area contributed by atoms with E-state index >= 15 is 0 Å². The van der Waals surface area contributed by atoms with Gasteiger partial charge in [0.15, 0.2) is 0 Å². The Bertz CT molecular complexity index is 1290. The lowest BCUT2D eigenvalue weighted by atomic mass is 9.91. The van der Waals surface area contributed by atoms with Crippen LogP contribution >= 0.6 is 0 Å². The fourth-order valence-electron chi connectivity index (χ4n) is 3.98. The Hall–Kier alpha value is -3.64. The van der Waals surface area contributed by atoms with Crippen LogP contribution in [0.3, 0.4) is 0 Å². The first kappa shape index (κ1) is 28.6. The van der Waals surface area contributed by atoms with Crippen molar-refractivity contribution >= 4 is 16.7 Å². The van der Waals surface area contributed by atoms with E-state index in [1.807, 2.05) is 20.8 Å². The van der Waals surface area contributed by atoms with Crippen molar-refractivity contribution in [2.75, 3.05) is 0 Å². The summed E-state index contributed by atoms with van der Waals surface area (Å²) in [5.41, 5.74) is 14.2. The Labute approximate surface area is 220 Å². The smallest absolute Gasteiger partial charge is 0.0146 e. The molecule has 36 heavy (non-hydrogen) atoms. The van der Waals surface area contributed by atoms with Crippen LogP contribution in [0.2, 0.25) is 0 Å². The van der Waals surface area contributed by atoms with Crippen LogP contribution in [-0.2, 0) is 0 Å². The summed E-state index contributed by atoms with van der Waals surface area (Å²) < 4.78 is 0. The molecule has 0 heteroatoms. The van der Waals surface area contributed by atoms with Crippen LogP contribution in [-0.4, -0.2) is 0 Å². The van der Waals surface area contributed by atoms with Gasteiger partial charge >= 0.3 is 0 Å². The summed E-state index contributed by atoms with van der Waals surface area (Å²) in [7, 11) is 0. The van der Waals surface area contributed by atoms with Crippen molar-refractivity contribution in [1.82, 2.24) is 0 Å². The van der Waals surface area contributed by atoms with Gasteiger partial charge in [-0.3, -0.25) is 0 Å². The van der Waals surface area contributed by atoms with Gasteiger partial charge in [-0.15, -0.1) is 0 Å². The molecule has 0 aliphatic carbocycles. The second-order valence-electron chi connectivity index (χ2n) is 9.11. The van der Waals surface area contributed by atoms with E-state index in [1.165, 1.54) is 55.7 Å². The van der Waals surface area contributed by atoms with E-state index < -0.39 is 0 Å². The van der Waals surface area contributed by atoms with Crippen LogP contribution in [0.1, 0.15) is 68.0 Å². The van der Waals surface area contributed by atoms with Gasteiger partial charge in [0, 0.05) is 0 Å². The normalized spacial score (nSPS) is 10.8. The zero-order valence-electron chi connectivity index (χ0n) is 23.4. The van der Waals surface area contributed by atoms with Gasteiger partial charge in [-0.05, 0) is 97.7 Å². The Kier molecular flexibility index (Phi) is 11.2. The minimum Gasteiger partial charge on any atom is -0.0955 e. The predicted molar refractivity (Wildman–Crippen MR) is 163 cm³/mol. The van der Waals surface area contributed by atoms with Crippen LogP contribution < -0.4 is 0 Å². The highest BCUT2D eigenvalue weighted by Gasteiger charge is 2.09. The van der Waals surface area contributed by atoms with Crippen molar-refractivity contribution in [3.05, 3.63) is 137 Å². The monoisotopic (exact) mass is 474 g/mol. The van der Waals surface area contributed by atoms with Crippen LogP contribution in [0.5, 0.6) is 0 Å². The maximum Gasteiger partial charge on any atom is -0.0146 e. The Morgan fingerprint density at radius 3 is 1.58 bits per heavy atom. The summed E-state index contributed by atoms with van der Waals surface area (Å²) in [5, 5.41) is 0. The van der Waals surface area contributed by atoms with E-state index in [1.54, 1.807) is 0 Å². The summed E-state index contributed by atoms with van der Waals surface area (Å²) in [6, 6.07) is 34.4. The minimum atomic E-state index is 1.13. The lowest BCUT2D eigenvalue weighted by molar-refractivity contribution is 1.39. The summed E-state index contributed by atoms with van der Waals surface area (Å²) in [4.78, 5) is 0. The van der Waals surface area contributed by atoms with Crippen molar-refractivity contribution in [3.63, 3.8) is 0 Å². The van der Waals surface area contributed by atoms with Crippen molar-refractivity contribution in [2.45, 2.75) is 55.4 Å². The van der Waals surface area contributed by atoms with Crippen LogP contribution in [0.25, 0.3) is 27.8 Å². The molecule has 0 N–H and O–H groups in total. The molecule has 0 aliphatic rings. The van der Waals surface area contributed by atoms with E-state index in [4.69, 9.17) is 0 Å². The summed E-state index contributed by atoms with van der Waals surface area (Å²) in [5.74, 6) is 0. The lowest BCUT2D eigenvalue weighted by Gasteiger charge is -2.14. The molecule has 0 aliphatic heterocycles. The molecule has 0 spiro atoms. The summed E-state index contributed by atoms with van der Waals surface area (Å²) >= 11 is 0. The summed E-state index contributed by atoms with van der Waals surface area (Å²) in [6.07, 6.45) is 0. The quantitative estimate of drug-likeness (QED) is 0.258. The van der Waals surface area contributed by atoms with E-state index in [2.05, 4.69) is 138 Å². The molecule has 186 valence electrons. The molecule has 0 aromatic heterocycles. The maximum absolute atomic E-state index is 3.86. The topological polar surface area (TPSA) is 0 Å². The molecule has 0 bridgehead atoms. The molecule has 0 atom stereocenters. The van der Waals surface area contributed by atoms with Gasteiger partial charge in [0.25, 0.3) is 0 Å². The van der Waals surface area contributed by atoms with Crippen LogP contribution in [0.15, 0.2) is 104 Å². The second kappa shape index (κ2) is 14.0. The molecular weight excluding hydrogens is 432 g/mol. The standard InChI is InChI=1S/C24H24.C10H12.C2H6/c1-17-10-8-9-13-23(17)24-16-22(15-14-18(24)2)20(4)19(3)21-11-6-5-7-12-21;1-8(2)10-6-4-9(3)5-7-10;1-2/h5-16H,1-4H3;4-7H,1H2,2-3H3;1-2H3/b20-19-;;. The predicted octanol–water partition coefficient (Wildman–Crippen LogP) is 11.0. The molecule has 4 aromatic carbocycles. The molecule has 4 rings (SSSR count). The lowest BCUT2D eigenvalue weighted by Crippen LogP contribution is -1.91. The van der Waals surface area contributed by atoms with Gasteiger partial charge < -0.3 is 0 Å². The second-order valence-corrected chi connectivity index (χ2v) is 9.11. The van der Waals surface area contributed by atoms with E-state index in [-0.39, 0.29) is 0 Å². The third-order valence-corrected chi connectivity index (χ3v) is 6.42. The fraction of sp³-hybridized carbons (Fsp3) is 0.222. The fourth-order valence-corrected chi connectivity index (χ4v) is 3.98. The molecular formula is C36H42. The third-order valence-electron chi connectivity index (χ3n) is 6.42. The minimum absolute atomic E-state index is 1.13. The molecule has 0 fully saturated rings. The first-order valence-corrected chi connectivity index (χ1v) is 12.9. The van der Waals surface area contributed by atoms with E-state index in [0.29, 0.717) is 0 Å². The molecule has 0 heterocycles. The van der Waals surface area contributed by atoms with Crippen LogP contribution in [0.4, 0.5) is 0 Å². The SMILES string of the molecule is C/C(=C(\C)c1ccc(C)c(-c2ccccc2C)c1)c1ccccc1.C=C(C)c1ccc(C)cc1.CC. The molecule has 0 nitrogen and oxygen atoms in total. The molecule has 0 unspecified atom stereocenters. The number of rotatable bonds is 4. The number of allylic oxidation sites excluding steroid dienone is 3. The average Bonchev–Trinajstić information content (AvgIpc) is 2.91. The van der Waals surface area contributed by atoms with Gasteiger partial charge in [0.05, 0.1) is 0 Å². The number of hydrogen-bond acceptors (Lipinski definition) is 0. The highest BCUT2D eigenvalue weighted by Crippen LogP contribution is 2.32. The Morgan fingerprint density at radius 2 is 1.00 bits per heavy atom. The van der Waals surface area contributed by atoms with Gasteiger partial charge in [-0.2, -0.15) is 0 Å². The van der Waals surface area contributed by atoms with Gasteiger partial charge in [0.2, 0.25) is 0 Å². The van der Waals surface area contributed by atoms with Gasteiger partial charge in [-0.1, -0.05) is 123 Å². The van der Waals surface area contributed by atoms with Crippen molar-refractivity contribution in [3.8, 4) is 11.1 Å². The van der Waals surface area contributed by atoms with Gasteiger partial charge in [-0.25, -0.2) is 0 Å². The Morgan fingerprint density at radius 1 is 0.500 bits per heavy atom. The first-order chi connectivity index (χ1) is 17.3. The molecule has 4 aromatic rings. The molecule has 0 saturated heterocycles. The van der Waals surface area contributed by atoms with E-state index in [0.717, 1.165) is 5.57 Å². The largest absolute Gasteiger partial charge is 0.0955 e. The number of benzene rings is 4. The van der Waals surface area contributed by atoms with Crippen molar-refractivity contribution in [2.24, 2.45) is 0 Å². The molecule has 0 saturated carbocycles. The van der Waals surface area contributed by atoms with Crippen molar-refractivity contribution in [1.29, 1.82) is 0 Å². The number of aryl methyl sites for hydroxylation is 3. The zero-order chi connectivity index (χ0) is 26.7. The van der Waals surface area contributed by atoms with Crippen LogP contribution in [0, 0.1) is 20.8 Å². The van der Waals surface area contributed by atoms with E-state index in [9.17, 15) is 0 Å². The van der Waals surface area contributed by atoms with Gasteiger partial charge in [0.1, 0.15) is 0 Å². The third kappa shape index (κ3) is 7.68.